The van der Waals surface area contributed by atoms with Crippen LogP contribution in [0.15, 0.2) is 60.4 Å². The number of benzene rings is 4. The Hall–Kier alpha value is -6.04. The van der Waals surface area contributed by atoms with Gasteiger partial charge in [-0.25, -0.2) is 0 Å². The van der Waals surface area contributed by atoms with Crippen molar-refractivity contribution in [2.24, 2.45) is 11.3 Å². The van der Waals surface area contributed by atoms with E-state index in [1.165, 1.54) is 0 Å². The van der Waals surface area contributed by atoms with Crippen molar-refractivity contribution in [2.75, 3.05) is 0 Å². The first-order valence-corrected chi connectivity index (χ1v) is 15.1. The lowest BCUT2D eigenvalue weighted by Crippen LogP contribution is -2.33. The summed E-state index contributed by atoms with van der Waals surface area (Å²) in [4.78, 5) is 28.5. The van der Waals surface area contributed by atoms with Crippen molar-refractivity contribution in [3.05, 3.63) is 79.1 Å². The molecule has 0 aliphatic heterocycles. The van der Waals surface area contributed by atoms with E-state index in [1.807, 2.05) is 26.8 Å². The molecule has 2 aliphatic carbocycles. The fourth-order valence-electron chi connectivity index (χ4n) is 8.46. The monoisotopic (exact) mass is 652 g/mol. The van der Waals surface area contributed by atoms with Crippen molar-refractivity contribution in [3.8, 4) is 46.0 Å². The topological polar surface area (TPSA) is 222 Å². The van der Waals surface area contributed by atoms with E-state index < -0.39 is 85.6 Å². The predicted octanol–water partition coefficient (Wildman–Crippen LogP) is 6.07. The van der Waals surface area contributed by atoms with Crippen LogP contribution in [0.4, 0.5) is 0 Å². The van der Waals surface area contributed by atoms with Crippen LogP contribution in [0.1, 0.15) is 55.7 Å². The van der Waals surface area contributed by atoms with Crippen LogP contribution in [0.25, 0.3) is 43.9 Å². The molecule has 4 aromatic carbocycles. The molecule has 8 N–H and O–H groups in total. The van der Waals surface area contributed by atoms with Crippen LogP contribution in [-0.2, 0) is 0 Å². The quantitative estimate of drug-likeness (QED) is 0.0576. The molecule has 12 heteroatoms. The van der Waals surface area contributed by atoms with Gasteiger partial charge in [0, 0.05) is 41.7 Å². The van der Waals surface area contributed by atoms with Gasteiger partial charge >= 0.3 is 0 Å². The van der Waals surface area contributed by atoms with E-state index in [1.54, 1.807) is 0 Å². The van der Waals surface area contributed by atoms with Gasteiger partial charge in [0.25, 0.3) is 0 Å². The number of hydrogen-bond donors (Lipinski definition) is 8. The zero-order valence-corrected chi connectivity index (χ0v) is 25.6. The van der Waals surface area contributed by atoms with Crippen LogP contribution >= 0.6 is 0 Å². The second-order valence-corrected chi connectivity index (χ2v) is 13.5. The van der Waals surface area contributed by atoms with E-state index in [9.17, 15) is 50.4 Å². The predicted molar refractivity (Wildman–Crippen MR) is 174 cm³/mol. The average Bonchev–Trinajstić information content (AvgIpc) is 3.32. The molecule has 244 valence electrons. The van der Waals surface area contributed by atoms with E-state index in [0.29, 0.717) is 6.42 Å². The van der Waals surface area contributed by atoms with Crippen LogP contribution in [0.2, 0.25) is 0 Å². The Bertz CT molecular complexity index is 2620. The maximum absolute atomic E-state index is 14.3. The third-order valence-electron chi connectivity index (χ3n) is 10.0. The minimum Gasteiger partial charge on any atom is -0.508 e. The van der Waals surface area contributed by atoms with Gasteiger partial charge in [-0.2, -0.15) is 0 Å². The maximum Gasteiger partial charge on any atom is 0.204 e. The maximum atomic E-state index is 14.3. The van der Waals surface area contributed by atoms with E-state index in [2.05, 4.69) is 0 Å². The summed E-state index contributed by atoms with van der Waals surface area (Å²) in [5, 5.41) is 85.8. The van der Waals surface area contributed by atoms with Crippen molar-refractivity contribution < 1.29 is 49.7 Å². The average molecular weight is 653 g/mol. The van der Waals surface area contributed by atoms with Crippen LogP contribution < -0.4 is 10.9 Å². The number of allylic oxidation sites excluding steroid dienone is 2. The Balaban J connectivity index is 1.59. The lowest BCUT2D eigenvalue weighted by atomic mass is 9.61. The highest BCUT2D eigenvalue weighted by molar-refractivity contribution is 6.02. The molecule has 0 amide bonds. The fourth-order valence-corrected chi connectivity index (χ4v) is 8.46. The second kappa shape index (κ2) is 9.28. The smallest absolute Gasteiger partial charge is 0.204 e. The Morgan fingerprint density at radius 3 is 1.77 bits per heavy atom. The summed E-state index contributed by atoms with van der Waals surface area (Å²) in [7, 11) is 0. The number of hydrogen-bond acceptors (Lipinski definition) is 12. The van der Waals surface area contributed by atoms with Gasteiger partial charge in [0.05, 0.1) is 10.8 Å². The fraction of sp³-hybridized carbons (Fsp3) is 0.222. The zero-order valence-electron chi connectivity index (χ0n) is 25.6. The van der Waals surface area contributed by atoms with Crippen molar-refractivity contribution in [1.29, 1.82) is 0 Å². The molecule has 0 spiro atoms. The SMILES string of the molecule is CC1=C[C@H]2c3c(c(O)c(O)c4oc5cc(O)cc(O)c5c(=O)c34)[C@H](c3cc(O)c(O)c4oc5cc(O)cc(O)c5c(=O)c34)[C@@H]2C(C)(C)C1. The number of aromatic hydroxyl groups is 8. The molecule has 2 aromatic heterocycles. The molecule has 0 saturated carbocycles. The van der Waals surface area contributed by atoms with Gasteiger partial charge in [0.2, 0.25) is 22.4 Å². The molecule has 0 bridgehead atoms. The summed E-state index contributed by atoms with van der Waals surface area (Å²) in [5.74, 6) is -7.09. The third-order valence-corrected chi connectivity index (χ3v) is 10.0. The highest BCUT2D eigenvalue weighted by Crippen LogP contribution is 2.66. The van der Waals surface area contributed by atoms with Crippen LogP contribution in [-0.4, -0.2) is 40.9 Å². The molecule has 0 unspecified atom stereocenters. The van der Waals surface area contributed by atoms with Crippen molar-refractivity contribution in [2.45, 2.75) is 39.0 Å². The molecule has 2 heterocycles. The number of phenols is 8. The molecule has 48 heavy (non-hydrogen) atoms. The number of fused-ring (bicyclic) bond motifs is 8. The van der Waals surface area contributed by atoms with Gasteiger partial charge in [-0.1, -0.05) is 25.5 Å². The molecule has 8 rings (SSSR count). The van der Waals surface area contributed by atoms with Gasteiger partial charge in [-0.05, 0) is 41.9 Å². The van der Waals surface area contributed by atoms with E-state index in [4.69, 9.17) is 8.83 Å². The lowest BCUT2D eigenvalue weighted by molar-refractivity contribution is 0.173. The summed E-state index contributed by atoms with van der Waals surface area (Å²) in [6.45, 7) is 5.86. The van der Waals surface area contributed by atoms with Crippen molar-refractivity contribution in [1.82, 2.24) is 0 Å². The van der Waals surface area contributed by atoms with Gasteiger partial charge < -0.3 is 49.7 Å². The highest BCUT2D eigenvalue weighted by Gasteiger charge is 2.53. The van der Waals surface area contributed by atoms with E-state index in [0.717, 1.165) is 35.9 Å². The first-order chi connectivity index (χ1) is 22.6. The first kappa shape index (κ1) is 29.4. The summed E-state index contributed by atoms with van der Waals surface area (Å²) in [6.07, 6.45) is 2.49. The molecular weight excluding hydrogens is 624 g/mol. The molecular formula is C36H28O12. The number of rotatable bonds is 1. The Morgan fingerprint density at radius 1 is 0.646 bits per heavy atom. The molecule has 6 aromatic rings. The van der Waals surface area contributed by atoms with Crippen molar-refractivity contribution in [3.63, 3.8) is 0 Å². The molecule has 2 aliphatic rings. The Labute approximate surface area is 268 Å². The minimum absolute atomic E-state index is 0.0553. The second-order valence-electron chi connectivity index (χ2n) is 13.5. The highest BCUT2D eigenvalue weighted by atomic mass is 16.4. The molecule has 12 nitrogen and oxygen atoms in total. The zero-order chi connectivity index (χ0) is 34.3. The summed E-state index contributed by atoms with van der Waals surface area (Å²) >= 11 is 0. The summed E-state index contributed by atoms with van der Waals surface area (Å²) in [6, 6.07) is 5.28. The first-order valence-electron chi connectivity index (χ1n) is 15.1. The molecule has 0 fully saturated rings. The summed E-state index contributed by atoms with van der Waals surface area (Å²) < 4.78 is 11.7. The van der Waals surface area contributed by atoms with Crippen LogP contribution in [0.3, 0.4) is 0 Å². The Morgan fingerprint density at radius 2 is 1.19 bits per heavy atom. The lowest BCUT2D eigenvalue weighted by Gasteiger charge is -2.43. The Kier molecular flexibility index (Phi) is 5.68. The van der Waals surface area contributed by atoms with Gasteiger partial charge in [-0.3, -0.25) is 9.59 Å². The molecule has 3 atom stereocenters. The molecule has 0 saturated heterocycles. The van der Waals surface area contributed by atoms with Crippen LogP contribution in [0.5, 0.6) is 46.0 Å². The van der Waals surface area contributed by atoms with E-state index in [-0.39, 0.29) is 55.0 Å². The standard InChI is InChI=1S/C36H28O12/c1-11-4-15-21-26(32(45)33(46)35-27(21)31(44)25-17(40)6-13(38)8-20(25)48-35)22(28(15)36(2,3)10-11)14-9-18(41)29(42)34-23(14)30(43)24-16(39)5-12(37)7-19(24)47-34/h4-9,15,22,28,37-42,45-46H,10H2,1-3H3/t15-,22-,28+/m0/s1. The normalized spacial score (nSPS) is 20.0. The van der Waals surface area contributed by atoms with Gasteiger partial charge in [-0.15, -0.1) is 0 Å². The van der Waals surface area contributed by atoms with Crippen LogP contribution in [0, 0.1) is 11.3 Å². The third kappa shape index (κ3) is 3.65. The molecule has 0 radical (unpaired) electrons. The van der Waals surface area contributed by atoms with Gasteiger partial charge in [0.1, 0.15) is 44.9 Å². The van der Waals surface area contributed by atoms with E-state index >= 15 is 0 Å². The largest absolute Gasteiger partial charge is 0.508 e. The van der Waals surface area contributed by atoms with Gasteiger partial charge in [0.15, 0.2) is 22.7 Å². The van der Waals surface area contributed by atoms with Crippen molar-refractivity contribution >= 4 is 43.9 Å². The minimum atomic E-state index is -1.03. The number of phenolic OH excluding ortho intramolecular Hbond substituents is 8. The summed E-state index contributed by atoms with van der Waals surface area (Å²) in [5.41, 5.74) is -2.12.